The summed E-state index contributed by atoms with van der Waals surface area (Å²) in [7, 11) is 2.90. The Kier molecular flexibility index (Phi) is 7.37. The predicted octanol–water partition coefficient (Wildman–Crippen LogP) is 5.00. The number of carbonyl (C=O) groups is 2. The Labute approximate surface area is 172 Å². The molecule has 0 fully saturated rings. The van der Waals surface area contributed by atoms with Crippen molar-refractivity contribution < 1.29 is 19.1 Å². The first-order valence-electron chi connectivity index (χ1n) is 8.17. The van der Waals surface area contributed by atoms with Gasteiger partial charge in [-0.25, -0.2) is 0 Å². The van der Waals surface area contributed by atoms with Gasteiger partial charge in [0.05, 0.1) is 25.6 Å². The summed E-state index contributed by atoms with van der Waals surface area (Å²) in [5.41, 5.74) is 1.38. The summed E-state index contributed by atoms with van der Waals surface area (Å²) >= 11 is 12.3. The van der Waals surface area contributed by atoms with Gasteiger partial charge in [0.1, 0.15) is 16.5 Å². The standard InChI is InChI=1S/C19H19Cl2N3O4/c1-10-13(20)6-5-7-14(10)23-24-18(11(2)25)19(26)22-15-8-12(27-3)9-16(28-4)17(15)21/h5-9,18H,1-4H3,(H,22,26). The van der Waals surface area contributed by atoms with E-state index < -0.39 is 17.7 Å². The average Bonchev–Trinajstić information content (AvgIpc) is 2.66. The first kappa shape index (κ1) is 21.7. The van der Waals surface area contributed by atoms with Crippen LogP contribution in [0.3, 0.4) is 0 Å². The van der Waals surface area contributed by atoms with Crippen molar-refractivity contribution in [2.24, 2.45) is 10.2 Å². The Morgan fingerprint density at radius 3 is 2.46 bits per heavy atom. The SMILES string of the molecule is COc1cc(NC(=O)C(N=Nc2cccc(Cl)c2C)C(C)=O)c(Cl)c(OC)c1. The number of amides is 1. The highest BCUT2D eigenvalue weighted by Gasteiger charge is 2.25. The summed E-state index contributed by atoms with van der Waals surface area (Å²) in [6.45, 7) is 3.02. The minimum absolute atomic E-state index is 0.168. The normalized spacial score (nSPS) is 11.9. The van der Waals surface area contributed by atoms with Crippen LogP contribution in [0.25, 0.3) is 0 Å². The number of ether oxygens (including phenoxy) is 2. The fourth-order valence-corrected chi connectivity index (χ4v) is 2.68. The Balaban J connectivity index is 2.30. The van der Waals surface area contributed by atoms with Crippen LogP contribution in [0.5, 0.6) is 11.5 Å². The number of Topliss-reactive ketones (excluding diaryl/α,β-unsaturated/α-hetero) is 1. The van der Waals surface area contributed by atoms with Crippen LogP contribution in [0.4, 0.5) is 11.4 Å². The number of nitrogens with one attached hydrogen (secondary N) is 1. The molecule has 0 spiro atoms. The van der Waals surface area contributed by atoms with E-state index in [-0.39, 0.29) is 10.7 Å². The summed E-state index contributed by atoms with van der Waals surface area (Å²) in [5, 5.41) is 11.2. The molecule has 2 rings (SSSR count). The maximum atomic E-state index is 12.6. The van der Waals surface area contributed by atoms with Crippen LogP contribution in [-0.2, 0) is 9.59 Å². The van der Waals surface area contributed by atoms with Gasteiger partial charge in [0.15, 0.2) is 5.78 Å². The Bertz CT molecular complexity index is 932. The van der Waals surface area contributed by atoms with Crippen LogP contribution in [0.2, 0.25) is 10.0 Å². The number of methoxy groups -OCH3 is 2. The first-order chi connectivity index (χ1) is 13.3. The van der Waals surface area contributed by atoms with Crippen LogP contribution in [-0.4, -0.2) is 32.0 Å². The number of rotatable bonds is 7. The Morgan fingerprint density at radius 1 is 1.14 bits per heavy atom. The number of carbonyl (C=O) groups excluding carboxylic acids is 2. The molecule has 28 heavy (non-hydrogen) atoms. The van der Waals surface area contributed by atoms with Crippen molar-refractivity contribution in [2.45, 2.75) is 19.9 Å². The lowest BCUT2D eigenvalue weighted by Crippen LogP contribution is -2.32. The third kappa shape index (κ3) is 4.99. The zero-order valence-electron chi connectivity index (χ0n) is 15.7. The van der Waals surface area contributed by atoms with Gasteiger partial charge in [-0.2, -0.15) is 10.2 Å². The lowest BCUT2D eigenvalue weighted by molar-refractivity contribution is -0.126. The molecule has 0 saturated carbocycles. The molecule has 0 aliphatic rings. The molecule has 0 aromatic heterocycles. The molecule has 1 atom stereocenters. The van der Waals surface area contributed by atoms with Crippen molar-refractivity contribution in [1.82, 2.24) is 0 Å². The number of hydrogen-bond acceptors (Lipinski definition) is 6. The zero-order valence-corrected chi connectivity index (χ0v) is 17.3. The van der Waals surface area contributed by atoms with Gasteiger partial charge in [0.2, 0.25) is 6.04 Å². The Morgan fingerprint density at radius 2 is 1.86 bits per heavy atom. The monoisotopic (exact) mass is 423 g/mol. The van der Waals surface area contributed by atoms with Crippen molar-refractivity contribution in [1.29, 1.82) is 0 Å². The fraction of sp³-hybridized carbons (Fsp3) is 0.263. The molecular formula is C19H19Cl2N3O4. The summed E-state index contributed by atoms with van der Waals surface area (Å²) in [6, 6.07) is 6.83. The van der Waals surface area contributed by atoms with Gasteiger partial charge in [-0.1, -0.05) is 29.3 Å². The van der Waals surface area contributed by atoms with Gasteiger partial charge in [-0.05, 0) is 31.5 Å². The van der Waals surface area contributed by atoms with E-state index >= 15 is 0 Å². The number of benzene rings is 2. The number of halogens is 2. The molecule has 148 valence electrons. The van der Waals surface area contributed by atoms with E-state index in [1.54, 1.807) is 31.2 Å². The van der Waals surface area contributed by atoms with Crippen LogP contribution in [0.1, 0.15) is 12.5 Å². The molecule has 0 aliphatic carbocycles. The second-order valence-electron chi connectivity index (χ2n) is 5.79. The largest absolute Gasteiger partial charge is 0.497 e. The number of hydrogen-bond donors (Lipinski definition) is 1. The van der Waals surface area contributed by atoms with Gasteiger partial charge >= 0.3 is 0 Å². The van der Waals surface area contributed by atoms with Gasteiger partial charge in [0.25, 0.3) is 5.91 Å². The molecule has 0 bridgehead atoms. The van der Waals surface area contributed by atoms with Gasteiger partial charge in [0, 0.05) is 17.2 Å². The van der Waals surface area contributed by atoms with Gasteiger partial charge in [-0.3, -0.25) is 9.59 Å². The second-order valence-corrected chi connectivity index (χ2v) is 6.58. The summed E-state index contributed by atoms with van der Waals surface area (Å²) in [4.78, 5) is 24.6. The number of azo groups is 1. The van der Waals surface area contributed by atoms with Crippen molar-refractivity contribution in [3.05, 3.63) is 45.9 Å². The number of anilines is 1. The first-order valence-corrected chi connectivity index (χ1v) is 8.92. The molecule has 0 heterocycles. The van der Waals surface area contributed by atoms with Crippen LogP contribution in [0, 0.1) is 6.92 Å². The topological polar surface area (TPSA) is 89.4 Å². The molecule has 7 nitrogen and oxygen atoms in total. The molecule has 2 aromatic rings. The van der Waals surface area contributed by atoms with Gasteiger partial charge < -0.3 is 14.8 Å². The number of nitrogens with zero attached hydrogens (tertiary/aromatic N) is 2. The smallest absolute Gasteiger partial charge is 0.258 e. The molecule has 0 aliphatic heterocycles. The highest BCUT2D eigenvalue weighted by Crippen LogP contribution is 2.36. The van der Waals surface area contributed by atoms with E-state index in [1.165, 1.54) is 27.2 Å². The molecule has 2 aromatic carbocycles. The Hall–Kier alpha value is -2.64. The molecule has 0 radical (unpaired) electrons. The fourth-order valence-electron chi connectivity index (χ4n) is 2.27. The quantitative estimate of drug-likeness (QED) is 0.501. The zero-order chi connectivity index (χ0) is 20.8. The lowest BCUT2D eigenvalue weighted by Gasteiger charge is -2.14. The summed E-state index contributed by atoms with van der Waals surface area (Å²) < 4.78 is 10.3. The van der Waals surface area contributed by atoms with E-state index in [1.807, 2.05) is 0 Å². The summed E-state index contributed by atoms with van der Waals surface area (Å²) in [5.74, 6) is -0.431. The predicted molar refractivity (Wildman–Crippen MR) is 108 cm³/mol. The maximum absolute atomic E-state index is 12.6. The number of ketones is 1. The minimum atomic E-state index is -1.35. The second kappa shape index (κ2) is 9.52. The van der Waals surface area contributed by atoms with E-state index in [4.69, 9.17) is 32.7 Å². The van der Waals surface area contributed by atoms with Crippen molar-refractivity contribution in [3.8, 4) is 11.5 Å². The third-order valence-corrected chi connectivity index (χ3v) is 4.68. The van der Waals surface area contributed by atoms with Crippen molar-refractivity contribution in [2.75, 3.05) is 19.5 Å². The van der Waals surface area contributed by atoms with E-state index in [0.29, 0.717) is 27.8 Å². The van der Waals surface area contributed by atoms with Crippen molar-refractivity contribution >= 4 is 46.3 Å². The average molecular weight is 424 g/mol. The van der Waals surface area contributed by atoms with E-state index in [2.05, 4.69) is 15.5 Å². The third-order valence-electron chi connectivity index (χ3n) is 3.88. The van der Waals surface area contributed by atoms with Crippen molar-refractivity contribution in [3.63, 3.8) is 0 Å². The molecule has 1 amide bonds. The molecule has 1 N–H and O–H groups in total. The molecular weight excluding hydrogens is 405 g/mol. The van der Waals surface area contributed by atoms with E-state index in [9.17, 15) is 9.59 Å². The van der Waals surface area contributed by atoms with E-state index in [0.717, 1.165) is 0 Å². The van der Waals surface area contributed by atoms with Crippen LogP contribution in [0.15, 0.2) is 40.6 Å². The highest BCUT2D eigenvalue weighted by atomic mass is 35.5. The maximum Gasteiger partial charge on any atom is 0.258 e. The highest BCUT2D eigenvalue weighted by molar-refractivity contribution is 6.35. The van der Waals surface area contributed by atoms with Crippen LogP contribution >= 0.6 is 23.2 Å². The lowest BCUT2D eigenvalue weighted by atomic mass is 10.2. The molecule has 1 unspecified atom stereocenters. The van der Waals surface area contributed by atoms with Gasteiger partial charge in [-0.15, -0.1) is 0 Å². The van der Waals surface area contributed by atoms with Crippen LogP contribution < -0.4 is 14.8 Å². The molecule has 9 heteroatoms. The molecule has 0 saturated heterocycles. The summed E-state index contributed by atoms with van der Waals surface area (Å²) in [6.07, 6.45) is 0. The minimum Gasteiger partial charge on any atom is -0.497 e.